The third-order valence-corrected chi connectivity index (χ3v) is 7.85. The number of halogens is 1. The van der Waals surface area contributed by atoms with Gasteiger partial charge in [0.25, 0.3) is 0 Å². The number of aliphatic hydroxyl groups is 1. The van der Waals surface area contributed by atoms with E-state index in [1.165, 1.54) is 17.7 Å². The van der Waals surface area contributed by atoms with Crippen molar-refractivity contribution in [3.8, 4) is 11.4 Å². The Morgan fingerprint density at radius 3 is 2.46 bits per heavy atom. The number of ether oxygens (including phenoxy) is 1. The quantitative estimate of drug-likeness (QED) is 0.568. The summed E-state index contributed by atoms with van der Waals surface area (Å²) in [5, 5.41) is 10.4. The van der Waals surface area contributed by atoms with Gasteiger partial charge < -0.3 is 19.6 Å². The van der Waals surface area contributed by atoms with E-state index in [-0.39, 0.29) is 18.5 Å². The van der Waals surface area contributed by atoms with Gasteiger partial charge in [0.05, 0.1) is 25.9 Å². The predicted molar refractivity (Wildman–Crippen MR) is 140 cm³/mol. The van der Waals surface area contributed by atoms with Crippen LogP contribution in [0.25, 0.3) is 11.4 Å². The molecule has 9 heteroatoms. The zero-order chi connectivity index (χ0) is 25.2. The minimum Gasteiger partial charge on any atom is -0.394 e. The molecule has 0 saturated carbocycles. The van der Waals surface area contributed by atoms with E-state index in [0.717, 1.165) is 64.2 Å². The van der Waals surface area contributed by atoms with Crippen LogP contribution in [0.1, 0.15) is 30.0 Å². The summed E-state index contributed by atoms with van der Waals surface area (Å²) in [6, 6.07) is 14.9. The Morgan fingerprint density at radius 1 is 0.892 bits per heavy atom. The second-order valence-corrected chi connectivity index (χ2v) is 9.98. The molecule has 3 aliphatic heterocycles. The number of anilines is 2. The average molecular weight is 505 g/mol. The third kappa shape index (κ3) is 5.03. The summed E-state index contributed by atoms with van der Waals surface area (Å²) in [5.74, 6) is 1.26. The fourth-order valence-corrected chi connectivity index (χ4v) is 5.84. The molecule has 0 radical (unpaired) electrons. The van der Waals surface area contributed by atoms with E-state index in [2.05, 4.69) is 26.8 Å². The van der Waals surface area contributed by atoms with Gasteiger partial charge in [-0.25, -0.2) is 4.39 Å². The lowest BCUT2D eigenvalue weighted by molar-refractivity contribution is 0.0114. The minimum atomic E-state index is -0.326. The lowest BCUT2D eigenvalue weighted by Gasteiger charge is -2.40. The van der Waals surface area contributed by atoms with Crippen LogP contribution >= 0.6 is 0 Å². The van der Waals surface area contributed by atoms with Gasteiger partial charge in [0, 0.05) is 44.3 Å². The van der Waals surface area contributed by atoms with Crippen LogP contribution in [0.5, 0.6) is 0 Å². The van der Waals surface area contributed by atoms with Gasteiger partial charge >= 0.3 is 0 Å². The lowest BCUT2D eigenvalue weighted by atomic mass is 9.93. The fourth-order valence-electron chi connectivity index (χ4n) is 5.84. The zero-order valence-electron chi connectivity index (χ0n) is 21.0. The van der Waals surface area contributed by atoms with Crippen LogP contribution in [0, 0.1) is 5.82 Å². The maximum absolute atomic E-state index is 14.1. The van der Waals surface area contributed by atoms with E-state index >= 15 is 0 Å². The number of morpholine rings is 1. The van der Waals surface area contributed by atoms with Crippen LogP contribution in [0.4, 0.5) is 16.3 Å². The van der Waals surface area contributed by atoms with Crippen LogP contribution in [0.3, 0.4) is 0 Å². The summed E-state index contributed by atoms with van der Waals surface area (Å²) >= 11 is 0. The van der Waals surface area contributed by atoms with Gasteiger partial charge in [0.15, 0.2) is 5.82 Å². The number of piperidine rings is 1. The molecule has 8 nitrogen and oxygen atoms in total. The SMILES string of the molecule is OCC1c2ccccc2CCN1c1nc(-c2cccc(F)c2)nc(N2CCC(N3CCOCC3)CC2)n1. The summed E-state index contributed by atoms with van der Waals surface area (Å²) < 4.78 is 19.7. The minimum absolute atomic E-state index is 0.0434. The number of hydrogen-bond donors (Lipinski definition) is 1. The number of hydrogen-bond acceptors (Lipinski definition) is 8. The highest BCUT2D eigenvalue weighted by atomic mass is 19.1. The average Bonchev–Trinajstić information content (AvgIpc) is 2.97. The first-order valence-corrected chi connectivity index (χ1v) is 13.2. The van der Waals surface area contributed by atoms with Crippen LogP contribution in [-0.4, -0.2) is 83.5 Å². The van der Waals surface area contributed by atoms with E-state index in [9.17, 15) is 9.50 Å². The smallest absolute Gasteiger partial charge is 0.231 e. The highest BCUT2D eigenvalue weighted by molar-refractivity contribution is 5.59. The molecule has 3 aliphatic rings. The summed E-state index contributed by atoms with van der Waals surface area (Å²) in [6.45, 7) is 5.93. The molecule has 0 spiro atoms. The second-order valence-electron chi connectivity index (χ2n) is 9.98. The molecule has 1 unspecified atom stereocenters. The summed E-state index contributed by atoms with van der Waals surface area (Å²) in [6.07, 6.45) is 2.91. The number of aromatic nitrogens is 3. The van der Waals surface area contributed by atoms with Crippen molar-refractivity contribution in [2.75, 3.05) is 62.3 Å². The highest BCUT2D eigenvalue weighted by Gasteiger charge is 2.31. The van der Waals surface area contributed by atoms with Crippen LogP contribution in [-0.2, 0) is 11.2 Å². The second kappa shape index (κ2) is 10.7. The largest absolute Gasteiger partial charge is 0.394 e. The number of aliphatic hydroxyl groups excluding tert-OH is 1. The molecule has 0 aliphatic carbocycles. The molecule has 2 aromatic carbocycles. The summed E-state index contributed by atoms with van der Waals surface area (Å²) in [7, 11) is 0. The van der Waals surface area contributed by atoms with E-state index in [1.54, 1.807) is 6.07 Å². The first kappa shape index (κ1) is 24.2. The molecule has 0 bridgehead atoms. The standard InChI is InChI=1S/C28H33FN6O2/c29-22-6-3-5-21(18-22)26-30-27(34-11-9-23(10-12-34)33-14-16-37-17-15-33)32-28(31-26)35-13-8-20-4-1-2-7-24(20)25(35)19-36/h1-7,18,23,25,36H,8-17,19H2. The molecule has 1 atom stereocenters. The van der Waals surface area contributed by atoms with Crippen molar-refractivity contribution in [3.05, 3.63) is 65.5 Å². The van der Waals surface area contributed by atoms with Gasteiger partial charge in [-0.2, -0.15) is 15.0 Å². The van der Waals surface area contributed by atoms with E-state index in [0.29, 0.717) is 35.9 Å². The molecule has 2 saturated heterocycles. The molecule has 1 aromatic heterocycles. The van der Waals surface area contributed by atoms with Crippen LogP contribution in [0.15, 0.2) is 48.5 Å². The normalized spacial score (nSPS) is 21.2. The van der Waals surface area contributed by atoms with Crippen molar-refractivity contribution in [2.24, 2.45) is 0 Å². The molecule has 6 rings (SSSR count). The molecule has 194 valence electrons. The van der Waals surface area contributed by atoms with Gasteiger partial charge in [0.2, 0.25) is 11.9 Å². The Hall–Kier alpha value is -3.14. The molecule has 2 fully saturated rings. The Kier molecular flexibility index (Phi) is 6.99. The number of nitrogens with zero attached hydrogens (tertiary/aromatic N) is 6. The lowest BCUT2D eigenvalue weighted by Crippen LogP contribution is -2.49. The molecular formula is C28H33FN6O2. The molecule has 3 aromatic rings. The topological polar surface area (TPSA) is 77.9 Å². The first-order chi connectivity index (χ1) is 18.2. The van der Waals surface area contributed by atoms with Crippen LogP contribution < -0.4 is 9.80 Å². The molecule has 4 heterocycles. The number of fused-ring (bicyclic) bond motifs is 1. The maximum Gasteiger partial charge on any atom is 0.231 e. The van der Waals surface area contributed by atoms with E-state index in [4.69, 9.17) is 19.7 Å². The van der Waals surface area contributed by atoms with Crippen molar-refractivity contribution < 1.29 is 14.2 Å². The Bertz CT molecular complexity index is 1230. The maximum atomic E-state index is 14.1. The monoisotopic (exact) mass is 504 g/mol. The first-order valence-electron chi connectivity index (χ1n) is 13.2. The number of rotatable bonds is 5. The van der Waals surface area contributed by atoms with Crippen molar-refractivity contribution in [3.63, 3.8) is 0 Å². The van der Waals surface area contributed by atoms with Crippen molar-refractivity contribution in [1.82, 2.24) is 19.9 Å². The van der Waals surface area contributed by atoms with E-state index < -0.39 is 0 Å². The fraction of sp³-hybridized carbons (Fsp3) is 0.464. The van der Waals surface area contributed by atoms with Crippen LogP contribution in [0.2, 0.25) is 0 Å². The third-order valence-electron chi connectivity index (χ3n) is 7.85. The Morgan fingerprint density at radius 2 is 1.68 bits per heavy atom. The summed E-state index contributed by atoms with van der Waals surface area (Å²) in [4.78, 5) is 21.4. The van der Waals surface area contributed by atoms with Gasteiger partial charge in [-0.3, -0.25) is 4.90 Å². The van der Waals surface area contributed by atoms with Gasteiger partial charge in [-0.15, -0.1) is 0 Å². The van der Waals surface area contributed by atoms with Gasteiger partial charge in [-0.05, 0) is 42.5 Å². The van der Waals surface area contributed by atoms with Gasteiger partial charge in [-0.1, -0.05) is 36.4 Å². The molecular weight excluding hydrogens is 471 g/mol. The molecule has 37 heavy (non-hydrogen) atoms. The van der Waals surface area contributed by atoms with E-state index in [1.807, 2.05) is 18.2 Å². The predicted octanol–water partition coefficient (Wildman–Crippen LogP) is 3.07. The summed E-state index contributed by atoms with van der Waals surface area (Å²) in [5.41, 5.74) is 2.95. The Balaban J connectivity index is 1.32. The zero-order valence-corrected chi connectivity index (χ0v) is 21.0. The van der Waals surface area contributed by atoms with Gasteiger partial charge in [0.1, 0.15) is 5.82 Å². The molecule has 1 N–H and O–H groups in total. The Labute approximate surface area is 216 Å². The van der Waals surface area contributed by atoms with Crippen molar-refractivity contribution in [2.45, 2.75) is 31.3 Å². The van der Waals surface area contributed by atoms with Crippen molar-refractivity contribution >= 4 is 11.9 Å². The number of benzene rings is 2. The van der Waals surface area contributed by atoms with Crippen molar-refractivity contribution in [1.29, 1.82) is 0 Å². The highest BCUT2D eigenvalue weighted by Crippen LogP contribution is 2.34. The molecule has 0 amide bonds.